The summed E-state index contributed by atoms with van der Waals surface area (Å²) in [6, 6.07) is 0. The minimum atomic E-state index is -0.569. The van der Waals surface area contributed by atoms with Crippen LogP contribution in [0.1, 0.15) is 62.3 Å². The lowest BCUT2D eigenvalue weighted by Crippen LogP contribution is -2.48. The first-order valence-corrected chi connectivity index (χ1v) is 13.0. The maximum atomic E-state index is 12.6. The van der Waals surface area contributed by atoms with Crippen LogP contribution in [0, 0.1) is 0 Å². The van der Waals surface area contributed by atoms with E-state index in [0.29, 0.717) is 52.4 Å². The fourth-order valence-corrected chi connectivity index (χ4v) is 3.64. The highest BCUT2D eigenvalue weighted by molar-refractivity contribution is 5.85. The molecule has 1 fully saturated rings. The average molecular weight is 551 g/mol. The standard InChI is InChI=1S/C26H50N4O6.ClH/c1-24(2,3)34-21(31)18-28-12-10-27-11-13-29(19-22(32)35-25(4,5)6)15-17-30(16-14-28)20-23(33)36-26(7,8)9;/h27H,10-20H2,1-9H3;1H. The third-order valence-corrected chi connectivity index (χ3v) is 4.99. The van der Waals surface area contributed by atoms with Crippen molar-refractivity contribution in [3.63, 3.8) is 0 Å². The Morgan fingerprint density at radius 1 is 0.541 bits per heavy atom. The predicted molar refractivity (Wildman–Crippen MR) is 147 cm³/mol. The van der Waals surface area contributed by atoms with Crippen molar-refractivity contribution < 1.29 is 28.6 Å². The molecular weight excluding hydrogens is 500 g/mol. The van der Waals surface area contributed by atoms with Crippen molar-refractivity contribution in [1.82, 2.24) is 20.0 Å². The van der Waals surface area contributed by atoms with E-state index >= 15 is 0 Å². The summed E-state index contributed by atoms with van der Waals surface area (Å²) in [5.74, 6) is -0.831. The van der Waals surface area contributed by atoms with Crippen molar-refractivity contribution in [2.75, 3.05) is 72.0 Å². The fraction of sp³-hybridized carbons (Fsp3) is 0.885. The molecule has 0 atom stereocenters. The molecular formula is C26H51ClN4O6. The SMILES string of the molecule is CC(C)(C)OC(=O)CN1CCNCCN(CC(=O)OC(C)(C)C)CCN(CC(=O)OC(C)(C)C)CC1.Cl. The molecule has 0 bridgehead atoms. The summed E-state index contributed by atoms with van der Waals surface area (Å²) in [6.07, 6.45) is 0. The highest BCUT2D eigenvalue weighted by atomic mass is 35.5. The van der Waals surface area contributed by atoms with Gasteiger partial charge in [0.05, 0.1) is 19.6 Å². The van der Waals surface area contributed by atoms with Crippen molar-refractivity contribution in [2.24, 2.45) is 0 Å². The van der Waals surface area contributed by atoms with Crippen LogP contribution < -0.4 is 5.32 Å². The van der Waals surface area contributed by atoms with E-state index in [1.165, 1.54) is 0 Å². The quantitative estimate of drug-likeness (QED) is 0.390. The topological polar surface area (TPSA) is 101 Å². The van der Waals surface area contributed by atoms with Crippen molar-refractivity contribution in [3.05, 3.63) is 0 Å². The molecule has 0 saturated carbocycles. The Bertz CT molecular complexity index is 671. The van der Waals surface area contributed by atoms with E-state index in [0.717, 1.165) is 0 Å². The lowest BCUT2D eigenvalue weighted by molar-refractivity contribution is -0.158. The Balaban J connectivity index is 0.0000130. The molecule has 0 radical (unpaired) electrons. The first-order chi connectivity index (χ1) is 16.4. The Hall–Kier alpha value is -1.46. The summed E-state index contributed by atoms with van der Waals surface area (Å²) in [6.45, 7) is 22.2. The molecule has 1 heterocycles. The number of carbonyl (C=O) groups excluding carboxylic acids is 3. The van der Waals surface area contributed by atoms with Crippen molar-refractivity contribution >= 4 is 30.3 Å². The third-order valence-electron chi connectivity index (χ3n) is 4.99. The molecule has 1 N–H and O–H groups in total. The van der Waals surface area contributed by atoms with Crippen LogP contribution in [-0.2, 0) is 28.6 Å². The van der Waals surface area contributed by atoms with E-state index in [4.69, 9.17) is 14.2 Å². The van der Waals surface area contributed by atoms with Crippen LogP contribution >= 0.6 is 12.4 Å². The second-order valence-corrected chi connectivity index (χ2v) is 12.3. The van der Waals surface area contributed by atoms with Gasteiger partial charge in [0, 0.05) is 52.4 Å². The summed E-state index contributed by atoms with van der Waals surface area (Å²) in [7, 11) is 0. The molecule has 0 spiro atoms. The van der Waals surface area contributed by atoms with Gasteiger partial charge in [-0.05, 0) is 62.3 Å². The van der Waals surface area contributed by atoms with E-state index < -0.39 is 16.8 Å². The molecule has 0 unspecified atom stereocenters. The maximum Gasteiger partial charge on any atom is 0.320 e. The van der Waals surface area contributed by atoms with Crippen molar-refractivity contribution in [2.45, 2.75) is 79.1 Å². The highest BCUT2D eigenvalue weighted by Crippen LogP contribution is 2.10. The van der Waals surface area contributed by atoms with Gasteiger partial charge in [0.25, 0.3) is 0 Å². The lowest BCUT2D eigenvalue weighted by Gasteiger charge is -2.32. The monoisotopic (exact) mass is 550 g/mol. The van der Waals surface area contributed by atoms with Crippen LogP contribution in [-0.4, -0.2) is 121 Å². The van der Waals surface area contributed by atoms with Crippen LogP contribution in [0.25, 0.3) is 0 Å². The second-order valence-electron chi connectivity index (χ2n) is 12.3. The molecule has 37 heavy (non-hydrogen) atoms. The van der Waals surface area contributed by atoms with Gasteiger partial charge in [-0.3, -0.25) is 29.1 Å². The maximum absolute atomic E-state index is 12.6. The lowest BCUT2D eigenvalue weighted by atomic mass is 10.2. The van der Waals surface area contributed by atoms with Crippen LogP contribution in [0.3, 0.4) is 0 Å². The molecule has 0 aromatic rings. The number of hydrogen-bond acceptors (Lipinski definition) is 10. The van der Waals surface area contributed by atoms with Crippen LogP contribution in [0.15, 0.2) is 0 Å². The highest BCUT2D eigenvalue weighted by Gasteiger charge is 2.24. The van der Waals surface area contributed by atoms with Crippen LogP contribution in [0.2, 0.25) is 0 Å². The largest absolute Gasteiger partial charge is 0.459 e. The van der Waals surface area contributed by atoms with Crippen molar-refractivity contribution in [3.8, 4) is 0 Å². The van der Waals surface area contributed by atoms with Gasteiger partial charge < -0.3 is 19.5 Å². The number of esters is 3. The molecule has 1 aliphatic rings. The molecule has 0 aromatic carbocycles. The summed E-state index contributed by atoms with van der Waals surface area (Å²) in [5.41, 5.74) is -1.65. The Labute approximate surface area is 230 Å². The number of carbonyl (C=O) groups is 3. The van der Waals surface area contributed by atoms with Gasteiger partial charge in [-0.1, -0.05) is 0 Å². The molecule has 1 saturated heterocycles. The number of hydrogen-bond donors (Lipinski definition) is 1. The number of nitrogens with zero attached hydrogens (tertiary/aromatic N) is 3. The predicted octanol–water partition coefficient (Wildman–Crippen LogP) is 1.94. The average Bonchev–Trinajstić information content (AvgIpc) is 2.63. The Kier molecular flexibility index (Phi) is 15.2. The fourth-order valence-electron chi connectivity index (χ4n) is 3.64. The zero-order chi connectivity index (χ0) is 27.6. The zero-order valence-corrected chi connectivity index (χ0v) is 25.3. The van der Waals surface area contributed by atoms with Gasteiger partial charge in [0.15, 0.2) is 0 Å². The van der Waals surface area contributed by atoms with Gasteiger partial charge in [0.2, 0.25) is 0 Å². The molecule has 11 heteroatoms. The van der Waals surface area contributed by atoms with Crippen molar-refractivity contribution in [1.29, 1.82) is 0 Å². The zero-order valence-electron chi connectivity index (χ0n) is 24.5. The van der Waals surface area contributed by atoms with Gasteiger partial charge in [-0.2, -0.15) is 0 Å². The number of ether oxygens (including phenoxy) is 3. The molecule has 0 aromatic heterocycles. The van der Waals surface area contributed by atoms with Crippen LogP contribution in [0.5, 0.6) is 0 Å². The van der Waals surface area contributed by atoms with E-state index in [-0.39, 0.29) is 49.9 Å². The Morgan fingerprint density at radius 2 is 0.784 bits per heavy atom. The van der Waals surface area contributed by atoms with E-state index in [1.807, 2.05) is 77.0 Å². The van der Waals surface area contributed by atoms with Crippen LogP contribution in [0.4, 0.5) is 0 Å². The first-order valence-electron chi connectivity index (χ1n) is 13.0. The third kappa shape index (κ3) is 19.3. The smallest absolute Gasteiger partial charge is 0.320 e. The summed E-state index contributed by atoms with van der Waals surface area (Å²) in [5, 5.41) is 3.40. The molecule has 218 valence electrons. The second kappa shape index (κ2) is 15.8. The van der Waals surface area contributed by atoms with E-state index in [1.54, 1.807) is 0 Å². The summed E-state index contributed by atoms with van der Waals surface area (Å²) >= 11 is 0. The summed E-state index contributed by atoms with van der Waals surface area (Å²) in [4.78, 5) is 43.6. The Morgan fingerprint density at radius 3 is 1.03 bits per heavy atom. The van der Waals surface area contributed by atoms with Gasteiger partial charge in [0.1, 0.15) is 16.8 Å². The van der Waals surface area contributed by atoms with E-state index in [2.05, 4.69) is 5.32 Å². The molecule has 0 aliphatic carbocycles. The molecule has 0 amide bonds. The van der Waals surface area contributed by atoms with Gasteiger partial charge in [-0.25, -0.2) is 0 Å². The number of rotatable bonds is 6. The number of nitrogens with one attached hydrogen (secondary N) is 1. The number of halogens is 1. The minimum absolute atomic E-state index is 0. The molecule has 1 rings (SSSR count). The molecule has 1 aliphatic heterocycles. The van der Waals surface area contributed by atoms with E-state index in [9.17, 15) is 14.4 Å². The summed E-state index contributed by atoms with van der Waals surface area (Å²) < 4.78 is 16.6. The van der Waals surface area contributed by atoms with Gasteiger partial charge in [-0.15, -0.1) is 12.4 Å². The van der Waals surface area contributed by atoms with Gasteiger partial charge >= 0.3 is 17.9 Å². The molecule has 10 nitrogen and oxygen atoms in total. The normalized spacial score (nSPS) is 18.1. The first kappa shape index (κ1) is 35.5. The minimum Gasteiger partial charge on any atom is -0.459 e.